The van der Waals surface area contributed by atoms with Gasteiger partial charge in [-0.25, -0.2) is 0 Å². The third-order valence-electron chi connectivity index (χ3n) is 3.50. The number of amides is 1. The lowest BCUT2D eigenvalue weighted by Gasteiger charge is -2.24. The first kappa shape index (κ1) is 16.0. The van der Waals surface area contributed by atoms with Gasteiger partial charge in [0.1, 0.15) is 11.9 Å². The van der Waals surface area contributed by atoms with Crippen LogP contribution in [0.1, 0.15) is 25.6 Å². The van der Waals surface area contributed by atoms with Crippen molar-refractivity contribution in [2.75, 3.05) is 25.2 Å². The molecule has 5 nitrogen and oxygen atoms in total. The minimum absolute atomic E-state index is 0.0549. The standard InChI is InChI=1S/C15H22N2O3S/c1-4-20-13-7-5-12(6-8-13)14-16-11(2)15(18)17(14)9-10-21(3)19/h5-8,11,14,16H,4,9-10H2,1-3H3. The van der Waals surface area contributed by atoms with Crippen LogP contribution in [-0.2, 0) is 15.6 Å². The topological polar surface area (TPSA) is 58.6 Å². The SMILES string of the molecule is CCOc1ccc(C2NC(C)C(=O)N2CCS(C)=O)cc1. The molecule has 21 heavy (non-hydrogen) atoms. The van der Waals surface area contributed by atoms with Gasteiger partial charge in [0.25, 0.3) is 0 Å². The van der Waals surface area contributed by atoms with Gasteiger partial charge in [0.15, 0.2) is 0 Å². The molecule has 0 radical (unpaired) electrons. The smallest absolute Gasteiger partial charge is 0.241 e. The van der Waals surface area contributed by atoms with Crippen LogP contribution in [0.2, 0.25) is 0 Å². The maximum absolute atomic E-state index is 12.2. The molecule has 0 bridgehead atoms. The summed E-state index contributed by atoms with van der Waals surface area (Å²) in [6.45, 7) is 4.92. The molecule has 1 aromatic rings. The van der Waals surface area contributed by atoms with E-state index in [-0.39, 0.29) is 18.1 Å². The van der Waals surface area contributed by atoms with Crippen molar-refractivity contribution in [1.29, 1.82) is 0 Å². The summed E-state index contributed by atoms with van der Waals surface area (Å²) < 4.78 is 16.7. The van der Waals surface area contributed by atoms with Gasteiger partial charge in [-0.1, -0.05) is 12.1 Å². The Morgan fingerprint density at radius 1 is 1.33 bits per heavy atom. The number of carbonyl (C=O) groups excluding carboxylic acids is 1. The monoisotopic (exact) mass is 310 g/mol. The van der Waals surface area contributed by atoms with Crippen molar-refractivity contribution >= 4 is 16.7 Å². The average molecular weight is 310 g/mol. The van der Waals surface area contributed by atoms with Crippen LogP contribution in [0, 0.1) is 0 Å². The molecule has 0 aliphatic carbocycles. The van der Waals surface area contributed by atoms with Gasteiger partial charge < -0.3 is 9.64 Å². The highest BCUT2D eigenvalue weighted by Crippen LogP contribution is 2.26. The van der Waals surface area contributed by atoms with Gasteiger partial charge >= 0.3 is 0 Å². The molecule has 1 aliphatic heterocycles. The molecule has 2 rings (SSSR count). The van der Waals surface area contributed by atoms with Gasteiger partial charge in [-0.2, -0.15) is 0 Å². The zero-order chi connectivity index (χ0) is 15.4. The molecule has 6 heteroatoms. The van der Waals surface area contributed by atoms with E-state index in [2.05, 4.69) is 5.32 Å². The molecule has 3 unspecified atom stereocenters. The molecular weight excluding hydrogens is 288 g/mol. The van der Waals surface area contributed by atoms with E-state index in [1.165, 1.54) is 0 Å². The molecule has 116 valence electrons. The highest BCUT2D eigenvalue weighted by Gasteiger charge is 2.36. The van der Waals surface area contributed by atoms with E-state index >= 15 is 0 Å². The van der Waals surface area contributed by atoms with Crippen molar-refractivity contribution in [2.45, 2.75) is 26.1 Å². The summed E-state index contributed by atoms with van der Waals surface area (Å²) in [5.74, 6) is 1.37. The molecule has 1 N–H and O–H groups in total. The van der Waals surface area contributed by atoms with Crippen LogP contribution in [0.5, 0.6) is 5.75 Å². The molecule has 1 fully saturated rings. The number of nitrogens with one attached hydrogen (secondary N) is 1. The lowest BCUT2D eigenvalue weighted by Crippen LogP contribution is -2.33. The Hall–Kier alpha value is -1.40. The van der Waals surface area contributed by atoms with Crippen LogP contribution < -0.4 is 10.1 Å². The summed E-state index contributed by atoms with van der Waals surface area (Å²) in [7, 11) is -0.907. The fourth-order valence-corrected chi connectivity index (χ4v) is 2.88. The molecule has 1 amide bonds. The predicted molar refractivity (Wildman–Crippen MR) is 83.6 cm³/mol. The second-order valence-electron chi connectivity index (χ2n) is 5.10. The number of ether oxygens (including phenoxy) is 1. The molecule has 0 aromatic heterocycles. The maximum atomic E-state index is 12.2. The maximum Gasteiger partial charge on any atom is 0.241 e. The molecule has 0 saturated carbocycles. The zero-order valence-corrected chi connectivity index (χ0v) is 13.5. The van der Waals surface area contributed by atoms with Gasteiger partial charge in [0.05, 0.1) is 12.6 Å². The number of nitrogens with zero attached hydrogens (tertiary/aromatic N) is 1. The van der Waals surface area contributed by atoms with E-state index < -0.39 is 10.8 Å². The van der Waals surface area contributed by atoms with Crippen LogP contribution >= 0.6 is 0 Å². The Balaban J connectivity index is 2.15. The summed E-state index contributed by atoms with van der Waals surface area (Å²) in [5, 5.41) is 3.28. The predicted octanol–water partition coefficient (Wildman–Crippen LogP) is 1.28. The van der Waals surface area contributed by atoms with E-state index in [1.54, 1.807) is 11.2 Å². The molecule has 1 aromatic carbocycles. The Kier molecular flexibility index (Phi) is 5.36. The number of carbonyl (C=O) groups is 1. The first-order valence-electron chi connectivity index (χ1n) is 7.12. The Labute approximate surface area is 128 Å². The molecular formula is C15H22N2O3S. The molecule has 1 aliphatic rings. The van der Waals surface area contributed by atoms with E-state index in [4.69, 9.17) is 4.74 Å². The Morgan fingerprint density at radius 3 is 2.57 bits per heavy atom. The average Bonchev–Trinajstić information content (AvgIpc) is 2.74. The Bertz CT molecular complexity index is 518. The Morgan fingerprint density at radius 2 is 2.00 bits per heavy atom. The van der Waals surface area contributed by atoms with Crippen LogP contribution in [0.15, 0.2) is 24.3 Å². The van der Waals surface area contributed by atoms with Gasteiger partial charge in [0, 0.05) is 29.4 Å². The quantitative estimate of drug-likeness (QED) is 0.860. The van der Waals surface area contributed by atoms with E-state index in [0.717, 1.165) is 11.3 Å². The molecule has 3 atom stereocenters. The summed E-state index contributed by atoms with van der Waals surface area (Å²) in [4.78, 5) is 14.0. The number of hydrogen-bond acceptors (Lipinski definition) is 4. The highest BCUT2D eigenvalue weighted by atomic mass is 32.2. The van der Waals surface area contributed by atoms with Crippen molar-refractivity contribution in [2.24, 2.45) is 0 Å². The minimum atomic E-state index is -0.907. The second-order valence-corrected chi connectivity index (χ2v) is 6.66. The van der Waals surface area contributed by atoms with E-state index in [0.29, 0.717) is 18.9 Å². The number of rotatable bonds is 6. The molecule has 0 spiro atoms. The van der Waals surface area contributed by atoms with Gasteiger partial charge in [-0.3, -0.25) is 14.3 Å². The van der Waals surface area contributed by atoms with Crippen molar-refractivity contribution < 1.29 is 13.7 Å². The fraction of sp³-hybridized carbons (Fsp3) is 0.533. The van der Waals surface area contributed by atoms with Crippen molar-refractivity contribution in [3.63, 3.8) is 0 Å². The van der Waals surface area contributed by atoms with Gasteiger partial charge in [0.2, 0.25) is 5.91 Å². The van der Waals surface area contributed by atoms with Crippen molar-refractivity contribution in [3.8, 4) is 5.75 Å². The van der Waals surface area contributed by atoms with E-state index in [1.807, 2.05) is 38.1 Å². The normalized spacial score (nSPS) is 23.4. The summed E-state index contributed by atoms with van der Waals surface area (Å²) in [6.07, 6.45) is 1.50. The zero-order valence-electron chi connectivity index (χ0n) is 12.7. The van der Waals surface area contributed by atoms with Gasteiger partial charge in [-0.05, 0) is 31.5 Å². The van der Waals surface area contributed by atoms with Crippen molar-refractivity contribution in [3.05, 3.63) is 29.8 Å². The molecule has 1 heterocycles. The first-order chi connectivity index (χ1) is 10.0. The number of hydrogen-bond donors (Lipinski definition) is 1. The highest BCUT2D eigenvalue weighted by molar-refractivity contribution is 7.84. The lowest BCUT2D eigenvalue weighted by atomic mass is 10.1. The van der Waals surface area contributed by atoms with E-state index in [9.17, 15) is 9.00 Å². The first-order valence-corrected chi connectivity index (χ1v) is 8.85. The summed E-state index contributed by atoms with van der Waals surface area (Å²) in [6, 6.07) is 7.52. The summed E-state index contributed by atoms with van der Waals surface area (Å²) in [5.41, 5.74) is 1.01. The third kappa shape index (κ3) is 3.83. The lowest BCUT2D eigenvalue weighted by molar-refractivity contribution is -0.129. The largest absolute Gasteiger partial charge is 0.494 e. The van der Waals surface area contributed by atoms with Crippen LogP contribution in [0.25, 0.3) is 0 Å². The minimum Gasteiger partial charge on any atom is -0.494 e. The molecule has 1 saturated heterocycles. The van der Waals surface area contributed by atoms with Crippen LogP contribution in [0.3, 0.4) is 0 Å². The van der Waals surface area contributed by atoms with Gasteiger partial charge in [-0.15, -0.1) is 0 Å². The van der Waals surface area contributed by atoms with Crippen molar-refractivity contribution in [1.82, 2.24) is 10.2 Å². The second kappa shape index (κ2) is 7.04. The number of benzene rings is 1. The summed E-state index contributed by atoms with van der Waals surface area (Å²) >= 11 is 0. The third-order valence-corrected chi connectivity index (χ3v) is 4.26. The fourth-order valence-electron chi connectivity index (χ4n) is 2.43. The van der Waals surface area contributed by atoms with Crippen LogP contribution in [0.4, 0.5) is 0 Å². The van der Waals surface area contributed by atoms with Crippen LogP contribution in [-0.4, -0.2) is 46.2 Å².